The van der Waals surface area contributed by atoms with Crippen LogP contribution in [0.2, 0.25) is 0 Å². The fraction of sp³-hybridized carbons (Fsp3) is 0.133. The summed E-state index contributed by atoms with van der Waals surface area (Å²) in [4.78, 5) is 0. The average Bonchev–Trinajstić information content (AvgIpc) is 2.84. The molecule has 0 aliphatic rings. The molecule has 1 aromatic heterocycles. The second kappa shape index (κ2) is 4.27. The Kier molecular flexibility index (Phi) is 2.61. The Hall–Kier alpha value is -2.13. The fourth-order valence-electron chi connectivity index (χ4n) is 2.15. The Labute approximate surface area is 105 Å². The monoisotopic (exact) mass is 238 g/mol. The summed E-state index contributed by atoms with van der Waals surface area (Å²) in [7, 11) is 0. The van der Waals surface area contributed by atoms with Crippen LogP contribution >= 0.6 is 0 Å². The lowest BCUT2D eigenvalue weighted by Crippen LogP contribution is -1.95. The van der Waals surface area contributed by atoms with Crippen LogP contribution in [-0.4, -0.2) is 5.16 Å². The van der Waals surface area contributed by atoms with Crippen molar-refractivity contribution >= 4 is 10.9 Å². The molecular formula is C15H14N2O. The molecule has 18 heavy (non-hydrogen) atoms. The largest absolute Gasteiger partial charge is 0.355 e. The zero-order valence-electron chi connectivity index (χ0n) is 10.2. The lowest BCUT2D eigenvalue weighted by atomic mass is 10.0. The Morgan fingerprint density at radius 2 is 2.00 bits per heavy atom. The smallest absolute Gasteiger partial charge is 0.174 e. The normalized spacial score (nSPS) is 11.0. The molecule has 0 aliphatic carbocycles. The van der Waals surface area contributed by atoms with E-state index in [9.17, 15) is 0 Å². The molecule has 3 aromatic rings. The van der Waals surface area contributed by atoms with Gasteiger partial charge in [-0.1, -0.05) is 35.5 Å². The van der Waals surface area contributed by atoms with Crippen molar-refractivity contribution in [2.45, 2.75) is 13.5 Å². The van der Waals surface area contributed by atoms with Crippen LogP contribution in [0.5, 0.6) is 0 Å². The van der Waals surface area contributed by atoms with E-state index >= 15 is 0 Å². The maximum atomic E-state index is 5.66. The zero-order valence-corrected chi connectivity index (χ0v) is 10.2. The fourth-order valence-corrected chi connectivity index (χ4v) is 2.15. The lowest BCUT2D eigenvalue weighted by Gasteiger charge is -2.00. The third-order valence-electron chi connectivity index (χ3n) is 3.14. The Bertz CT molecular complexity index is 701. The number of benzene rings is 2. The van der Waals surface area contributed by atoms with E-state index < -0.39 is 0 Å². The first kappa shape index (κ1) is 11.0. The number of aromatic nitrogens is 1. The van der Waals surface area contributed by atoms with Crippen LogP contribution in [0.4, 0.5) is 0 Å². The summed E-state index contributed by atoms with van der Waals surface area (Å²) in [6.45, 7) is 2.56. The van der Waals surface area contributed by atoms with Crippen molar-refractivity contribution in [1.82, 2.24) is 5.16 Å². The molecule has 0 spiro atoms. The summed E-state index contributed by atoms with van der Waals surface area (Å²) in [6, 6.07) is 14.1. The summed E-state index contributed by atoms with van der Waals surface area (Å²) < 4.78 is 5.49. The summed E-state index contributed by atoms with van der Waals surface area (Å²) >= 11 is 0. The molecule has 0 bridgehead atoms. The van der Waals surface area contributed by atoms with Gasteiger partial charge in [0.2, 0.25) is 0 Å². The van der Waals surface area contributed by atoms with E-state index in [-0.39, 0.29) is 0 Å². The minimum atomic E-state index is 0.527. The molecule has 0 amide bonds. The van der Waals surface area contributed by atoms with E-state index in [4.69, 9.17) is 10.3 Å². The van der Waals surface area contributed by atoms with Gasteiger partial charge in [0, 0.05) is 17.5 Å². The van der Waals surface area contributed by atoms with Gasteiger partial charge in [0.1, 0.15) is 5.52 Å². The molecule has 0 unspecified atom stereocenters. The van der Waals surface area contributed by atoms with Crippen molar-refractivity contribution in [2.24, 2.45) is 5.73 Å². The predicted octanol–water partition coefficient (Wildman–Crippen LogP) is 3.26. The van der Waals surface area contributed by atoms with E-state index in [1.807, 2.05) is 49.4 Å². The molecule has 3 heteroatoms. The number of hydrogen-bond acceptors (Lipinski definition) is 3. The Morgan fingerprint density at radius 3 is 2.83 bits per heavy atom. The molecule has 0 fully saturated rings. The number of rotatable bonds is 2. The summed E-state index contributed by atoms with van der Waals surface area (Å²) in [5.41, 5.74) is 9.81. The van der Waals surface area contributed by atoms with Gasteiger partial charge in [0.05, 0.1) is 0 Å². The molecule has 0 atom stereocenters. The molecule has 0 radical (unpaired) electrons. The third kappa shape index (κ3) is 1.69. The highest BCUT2D eigenvalue weighted by Gasteiger charge is 2.11. The minimum absolute atomic E-state index is 0.527. The van der Waals surface area contributed by atoms with Crippen molar-refractivity contribution in [3.8, 4) is 11.3 Å². The average molecular weight is 238 g/mol. The van der Waals surface area contributed by atoms with Crippen LogP contribution in [0.25, 0.3) is 22.2 Å². The number of nitrogens with two attached hydrogens (primary N) is 1. The van der Waals surface area contributed by atoms with E-state index in [1.165, 1.54) is 0 Å². The van der Waals surface area contributed by atoms with Crippen molar-refractivity contribution in [3.05, 3.63) is 53.6 Å². The third-order valence-corrected chi connectivity index (χ3v) is 3.14. The molecule has 1 heterocycles. The molecule has 0 aliphatic heterocycles. The van der Waals surface area contributed by atoms with Crippen LogP contribution in [0.1, 0.15) is 11.1 Å². The maximum Gasteiger partial charge on any atom is 0.174 e. The first-order valence-corrected chi connectivity index (χ1v) is 5.94. The van der Waals surface area contributed by atoms with Crippen LogP contribution in [0.3, 0.4) is 0 Å². The molecular weight excluding hydrogens is 224 g/mol. The van der Waals surface area contributed by atoms with Crippen molar-refractivity contribution in [2.75, 3.05) is 0 Å². The van der Waals surface area contributed by atoms with E-state index in [0.29, 0.717) is 6.54 Å². The van der Waals surface area contributed by atoms with Crippen LogP contribution in [0.15, 0.2) is 47.0 Å². The van der Waals surface area contributed by atoms with Gasteiger partial charge >= 0.3 is 0 Å². The molecule has 3 rings (SSSR count). The summed E-state index contributed by atoms with van der Waals surface area (Å²) in [5, 5.41) is 5.19. The molecule has 2 aromatic carbocycles. The second-order valence-corrected chi connectivity index (χ2v) is 4.39. The zero-order chi connectivity index (χ0) is 12.5. The summed E-state index contributed by atoms with van der Waals surface area (Å²) in [5.74, 6) is 0.809. The topological polar surface area (TPSA) is 52.0 Å². The van der Waals surface area contributed by atoms with Crippen molar-refractivity contribution in [3.63, 3.8) is 0 Å². The van der Waals surface area contributed by atoms with Crippen molar-refractivity contribution < 1.29 is 4.52 Å². The first-order valence-electron chi connectivity index (χ1n) is 5.94. The molecule has 0 saturated carbocycles. The Morgan fingerprint density at radius 1 is 1.17 bits per heavy atom. The van der Waals surface area contributed by atoms with Gasteiger partial charge in [-0.3, -0.25) is 0 Å². The number of hydrogen-bond donors (Lipinski definition) is 1. The first-order chi connectivity index (χ1) is 8.79. The minimum Gasteiger partial charge on any atom is -0.355 e. The van der Waals surface area contributed by atoms with Gasteiger partial charge in [-0.15, -0.1) is 0 Å². The molecule has 90 valence electrons. The van der Waals surface area contributed by atoms with Gasteiger partial charge in [0.15, 0.2) is 5.76 Å². The Balaban J connectivity index is 2.22. The van der Waals surface area contributed by atoms with Crippen LogP contribution < -0.4 is 5.73 Å². The van der Waals surface area contributed by atoms with Gasteiger partial charge in [0.25, 0.3) is 0 Å². The van der Waals surface area contributed by atoms with Gasteiger partial charge in [-0.25, -0.2) is 0 Å². The van der Waals surface area contributed by atoms with Gasteiger partial charge < -0.3 is 10.3 Å². The highest BCUT2D eigenvalue weighted by atomic mass is 16.5. The van der Waals surface area contributed by atoms with E-state index in [1.54, 1.807) is 0 Å². The van der Waals surface area contributed by atoms with E-state index in [2.05, 4.69) is 5.16 Å². The number of fused-ring (bicyclic) bond motifs is 1. The highest BCUT2D eigenvalue weighted by molar-refractivity contribution is 5.93. The standard InChI is InChI=1S/C15H14N2O/c1-10-4-2-7-13-14(10)17-18-15(13)12-6-3-5-11(8-12)9-16/h2-8H,9,16H2,1H3. The predicted molar refractivity (Wildman–Crippen MR) is 72.1 cm³/mol. The number of aryl methyl sites for hydroxylation is 1. The van der Waals surface area contributed by atoms with Gasteiger partial charge in [-0.2, -0.15) is 0 Å². The van der Waals surface area contributed by atoms with Crippen LogP contribution in [-0.2, 0) is 6.54 Å². The molecule has 3 nitrogen and oxygen atoms in total. The van der Waals surface area contributed by atoms with Crippen molar-refractivity contribution in [1.29, 1.82) is 0 Å². The van der Waals surface area contributed by atoms with Crippen LogP contribution in [0, 0.1) is 6.92 Å². The second-order valence-electron chi connectivity index (χ2n) is 4.39. The quantitative estimate of drug-likeness (QED) is 0.745. The highest BCUT2D eigenvalue weighted by Crippen LogP contribution is 2.30. The molecule has 2 N–H and O–H groups in total. The molecule has 0 saturated heterocycles. The SMILES string of the molecule is Cc1cccc2c(-c3cccc(CN)c3)onc12. The van der Waals surface area contributed by atoms with E-state index in [0.717, 1.165) is 33.4 Å². The van der Waals surface area contributed by atoms with Gasteiger partial charge in [-0.05, 0) is 30.2 Å². The summed E-state index contributed by atoms with van der Waals surface area (Å²) in [6.07, 6.45) is 0. The maximum absolute atomic E-state index is 5.66. The lowest BCUT2D eigenvalue weighted by molar-refractivity contribution is 0.440. The number of nitrogens with zero attached hydrogens (tertiary/aromatic N) is 1.